The monoisotopic (exact) mass is 342 g/mol. The van der Waals surface area contributed by atoms with E-state index in [0.717, 1.165) is 17.7 Å². The van der Waals surface area contributed by atoms with Gasteiger partial charge in [-0.25, -0.2) is 0 Å². The molecule has 3 rings (SSSR count). The summed E-state index contributed by atoms with van der Waals surface area (Å²) in [5.74, 6) is 0. The molecule has 1 aliphatic rings. The Labute approximate surface area is 143 Å². The average Bonchev–Trinajstić information content (AvgIpc) is 2.64. The first kappa shape index (κ1) is 16.4. The molecule has 1 nitrogen and oxygen atoms in total. The lowest BCUT2D eigenvalue weighted by Gasteiger charge is -2.19. The summed E-state index contributed by atoms with van der Waals surface area (Å²) in [6, 6.07) is 20.2. The van der Waals surface area contributed by atoms with Crippen LogP contribution in [0.1, 0.15) is 32.1 Å². The van der Waals surface area contributed by atoms with E-state index in [-0.39, 0.29) is 0 Å². The van der Waals surface area contributed by atoms with Crippen LogP contribution in [0.25, 0.3) is 0 Å². The molecule has 2 aromatic carbocycles. The Morgan fingerprint density at radius 1 is 0.826 bits per heavy atom. The van der Waals surface area contributed by atoms with Crippen molar-refractivity contribution in [3.63, 3.8) is 0 Å². The van der Waals surface area contributed by atoms with Gasteiger partial charge in [-0.3, -0.25) is 4.21 Å². The average molecular weight is 343 g/mol. The SMILES string of the molecule is O=S(/C=C/Sc1ccccc1)(=C1CCCCC1)c1ccccc1. The fourth-order valence-corrected chi connectivity index (χ4v) is 6.36. The smallest absolute Gasteiger partial charge is 0.0350 e. The van der Waals surface area contributed by atoms with E-state index in [1.807, 2.05) is 59.3 Å². The largest absolute Gasteiger partial charge is 0.258 e. The van der Waals surface area contributed by atoms with E-state index in [9.17, 15) is 4.21 Å². The second kappa shape index (κ2) is 7.89. The zero-order chi connectivity index (χ0) is 16.0. The minimum atomic E-state index is -2.22. The van der Waals surface area contributed by atoms with Crippen molar-refractivity contribution in [2.24, 2.45) is 0 Å². The van der Waals surface area contributed by atoms with E-state index in [4.69, 9.17) is 0 Å². The lowest BCUT2D eigenvalue weighted by atomic mass is 10.0. The van der Waals surface area contributed by atoms with Crippen molar-refractivity contribution >= 4 is 26.1 Å². The normalized spacial score (nSPS) is 18.0. The van der Waals surface area contributed by atoms with Gasteiger partial charge in [0.2, 0.25) is 0 Å². The molecule has 2 aromatic rings. The van der Waals surface area contributed by atoms with Crippen molar-refractivity contribution in [3.8, 4) is 0 Å². The molecule has 3 heteroatoms. The quantitative estimate of drug-likeness (QED) is 0.521. The molecular weight excluding hydrogens is 320 g/mol. The lowest BCUT2D eigenvalue weighted by molar-refractivity contribution is 0.665. The Balaban J connectivity index is 1.95. The molecule has 120 valence electrons. The van der Waals surface area contributed by atoms with E-state index in [1.165, 1.54) is 29.0 Å². The van der Waals surface area contributed by atoms with Gasteiger partial charge in [0, 0.05) is 24.7 Å². The number of hydrogen-bond acceptors (Lipinski definition) is 2. The third-order valence-electron chi connectivity index (χ3n) is 4.13. The molecule has 1 fully saturated rings. The number of hydrogen-bond donors (Lipinski definition) is 0. The standard InChI is InChI=1S/C20H22OS2/c21-23(19-12-6-2-7-13-19,20-14-8-3-9-15-20)17-16-22-18-10-4-1-5-11-18/h1-2,4-7,10-13,16-17H,3,8-9,14-15H2/b17-16+. The van der Waals surface area contributed by atoms with Gasteiger partial charge in [0.25, 0.3) is 0 Å². The van der Waals surface area contributed by atoms with E-state index < -0.39 is 9.52 Å². The van der Waals surface area contributed by atoms with Crippen LogP contribution in [-0.2, 0) is 9.52 Å². The molecule has 0 N–H and O–H groups in total. The molecule has 1 unspecified atom stereocenters. The van der Waals surface area contributed by atoms with Crippen LogP contribution in [-0.4, -0.2) is 9.07 Å². The highest BCUT2D eigenvalue weighted by molar-refractivity contribution is 8.07. The van der Waals surface area contributed by atoms with Crippen LogP contribution >= 0.6 is 11.8 Å². The van der Waals surface area contributed by atoms with Crippen LogP contribution in [0.5, 0.6) is 0 Å². The van der Waals surface area contributed by atoms with Crippen LogP contribution in [0.3, 0.4) is 0 Å². The van der Waals surface area contributed by atoms with Crippen molar-refractivity contribution in [3.05, 3.63) is 71.5 Å². The first-order valence-corrected chi connectivity index (χ1v) is 10.6. The molecule has 0 amide bonds. The summed E-state index contributed by atoms with van der Waals surface area (Å²) in [5, 5.41) is 3.95. The van der Waals surface area contributed by atoms with Gasteiger partial charge in [0.15, 0.2) is 0 Å². The predicted octanol–water partition coefficient (Wildman–Crippen LogP) is 5.73. The van der Waals surface area contributed by atoms with Gasteiger partial charge in [0.1, 0.15) is 0 Å². The van der Waals surface area contributed by atoms with Crippen LogP contribution < -0.4 is 0 Å². The molecule has 23 heavy (non-hydrogen) atoms. The summed E-state index contributed by atoms with van der Waals surface area (Å²) in [6.07, 6.45) is 5.58. The van der Waals surface area contributed by atoms with Crippen LogP contribution in [0.15, 0.2) is 81.3 Å². The number of thioether (sulfide) groups is 1. The molecule has 1 saturated carbocycles. The second-order valence-corrected chi connectivity index (χ2v) is 9.22. The maximum absolute atomic E-state index is 13.8. The van der Waals surface area contributed by atoms with Gasteiger partial charge < -0.3 is 0 Å². The Morgan fingerprint density at radius 2 is 1.43 bits per heavy atom. The molecule has 0 aromatic heterocycles. The summed E-state index contributed by atoms with van der Waals surface area (Å²) in [7, 11) is -2.22. The molecule has 0 heterocycles. The van der Waals surface area contributed by atoms with Crippen LogP contribution in [0.2, 0.25) is 0 Å². The van der Waals surface area contributed by atoms with Crippen molar-refractivity contribution < 1.29 is 4.21 Å². The molecule has 0 bridgehead atoms. The van der Waals surface area contributed by atoms with Crippen LogP contribution in [0.4, 0.5) is 0 Å². The number of benzene rings is 2. The third kappa shape index (κ3) is 4.10. The maximum atomic E-state index is 13.8. The van der Waals surface area contributed by atoms with E-state index in [1.54, 1.807) is 11.8 Å². The van der Waals surface area contributed by atoms with Crippen molar-refractivity contribution in [1.29, 1.82) is 0 Å². The summed E-state index contributed by atoms with van der Waals surface area (Å²) in [5.41, 5.74) is 0. The van der Waals surface area contributed by atoms with Crippen molar-refractivity contribution in [1.82, 2.24) is 0 Å². The van der Waals surface area contributed by atoms with Gasteiger partial charge in [-0.2, -0.15) is 0 Å². The van der Waals surface area contributed by atoms with E-state index in [2.05, 4.69) is 12.1 Å². The highest BCUT2D eigenvalue weighted by Gasteiger charge is 2.17. The maximum Gasteiger partial charge on any atom is 0.0350 e. The summed E-state index contributed by atoms with van der Waals surface area (Å²) >= 11 is 1.63. The van der Waals surface area contributed by atoms with Gasteiger partial charge in [-0.05, 0) is 60.2 Å². The Kier molecular flexibility index (Phi) is 5.63. The minimum Gasteiger partial charge on any atom is -0.258 e. The molecule has 0 spiro atoms. The first-order chi connectivity index (χ1) is 11.3. The zero-order valence-corrected chi connectivity index (χ0v) is 14.8. The molecule has 0 aliphatic heterocycles. The van der Waals surface area contributed by atoms with Crippen molar-refractivity contribution in [2.75, 3.05) is 0 Å². The lowest BCUT2D eigenvalue weighted by Crippen LogP contribution is -2.16. The van der Waals surface area contributed by atoms with Crippen LogP contribution in [0, 0.1) is 0 Å². The first-order valence-electron chi connectivity index (χ1n) is 8.11. The molecule has 0 radical (unpaired) electrons. The van der Waals surface area contributed by atoms with E-state index in [0.29, 0.717) is 0 Å². The molecule has 1 atom stereocenters. The Bertz CT molecular complexity index is 762. The third-order valence-corrected chi connectivity index (χ3v) is 7.87. The fourth-order valence-electron chi connectivity index (χ4n) is 2.90. The number of rotatable bonds is 4. The summed E-state index contributed by atoms with van der Waals surface area (Å²) in [4.78, 5) is 3.34. The van der Waals surface area contributed by atoms with E-state index >= 15 is 0 Å². The highest BCUT2D eigenvalue weighted by atomic mass is 32.2. The van der Waals surface area contributed by atoms with Gasteiger partial charge in [0.05, 0.1) is 0 Å². The molecule has 0 saturated heterocycles. The minimum absolute atomic E-state index is 0.946. The zero-order valence-electron chi connectivity index (χ0n) is 13.2. The Morgan fingerprint density at radius 3 is 2.09 bits per heavy atom. The second-order valence-electron chi connectivity index (χ2n) is 5.72. The van der Waals surface area contributed by atoms with Gasteiger partial charge in [-0.15, -0.1) is 0 Å². The summed E-state index contributed by atoms with van der Waals surface area (Å²) < 4.78 is 13.8. The van der Waals surface area contributed by atoms with Crippen molar-refractivity contribution in [2.45, 2.75) is 41.9 Å². The fraction of sp³-hybridized carbons (Fsp3) is 0.250. The molecular formula is C20H22OS2. The summed E-state index contributed by atoms with van der Waals surface area (Å²) in [6.45, 7) is 0. The molecule has 1 aliphatic carbocycles. The van der Waals surface area contributed by atoms with Gasteiger partial charge in [-0.1, -0.05) is 54.6 Å². The Hall–Kier alpha value is -1.45. The topological polar surface area (TPSA) is 17.1 Å². The predicted molar refractivity (Wildman–Crippen MR) is 102 cm³/mol. The van der Waals surface area contributed by atoms with Gasteiger partial charge >= 0.3 is 0 Å². The highest BCUT2D eigenvalue weighted by Crippen LogP contribution is 2.26.